The Morgan fingerprint density at radius 2 is 1.31 bits per heavy atom. The molecule has 0 spiro atoms. The molecule has 0 atom stereocenters. The number of phenols is 1. The molecule has 0 amide bonds. The third kappa shape index (κ3) is 10.9. The zero-order valence-corrected chi connectivity index (χ0v) is 19.0. The smallest absolute Gasteiger partial charge is 0.180 e. The molecule has 1 rings (SSSR count). The first-order valence-corrected chi connectivity index (χ1v) is 11.4. The second-order valence-corrected chi connectivity index (χ2v) is 7.31. The molecule has 0 aliphatic rings. The van der Waals surface area contributed by atoms with Crippen LogP contribution in [-0.2, 0) is 27.1 Å². The molecule has 5 nitrogen and oxygen atoms in total. The Balaban J connectivity index is 2.28. The van der Waals surface area contributed by atoms with E-state index in [1.807, 2.05) is 0 Å². The van der Waals surface area contributed by atoms with Crippen molar-refractivity contribution in [1.82, 2.24) is 0 Å². The molecular weight excluding hydrogens is 368 g/mol. The molecule has 0 saturated heterocycles. The average molecular weight is 411 g/mol. The summed E-state index contributed by atoms with van der Waals surface area (Å²) in [5.74, 6) is 1.25. The minimum atomic E-state index is -0.263. The van der Waals surface area contributed by atoms with E-state index in [4.69, 9.17) is 18.9 Å². The number of aryl methyl sites for hydroxylation is 2. The molecule has 29 heavy (non-hydrogen) atoms. The summed E-state index contributed by atoms with van der Waals surface area (Å²) in [6.07, 6.45) is 7.59. The van der Waals surface area contributed by atoms with Crippen LogP contribution in [0, 0.1) is 0 Å². The van der Waals surface area contributed by atoms with Crippen LogP contribution in [0.25, 0.3) is 0 Å². The van der Waals surface area contributed by atoms with Gasteiger partial charge in [-0.05, 0) is 61.8 Å². The van der Waals surface area contributed by atoms with Crippen molar-refractivity contribution in [3.63, 3.8) is 0 Å². The highest BCUT2D eigenvalue weighted by molar-refractivity contribution is 5.47. The van der Waals surface area contributed by atoms with Gasteiger partial charge in [0.05, 0.1) is 13.2 Å². The van der Waals surface area contributed by atoms with Crippen LogP contribution in [0.4, 0.5) is 0 Å². The number of benzene rings is 1. The average Bonchev–Trinajstić information content (AvgIpc) is 2.73. The number of ether oxygens (including phenoxy) is 4. The van der Waals surface area contributed by atoms with Gasteiger partial charge >= 0.3 is 0 Å². The van der Waals surface area contributed by atoms with E-state index in [9.17, 15) is 5.11 Å². The Morgan fingerprint density at radius 3 is 1.83 bits per heavy atom. The van der Waals surface area contributed by atoms with Crippen LogP contribution in [0.15, 0.2) is 12.1 Å². The molecule has 1 aromatic carbocycles. The van der Waals surface area contributed by atoms with E-state index in [2.05, 4.69) is 27.7 Å². The molecule has 0 radical (unpaired) electrons. The van der Waals surface area contributed by atoms with Gasteiger partial charge in [0.2, 0.25) is 0 Å². The van der Waals surface area contributed by atoms with Crippen molar-refractivity contribution >= 4 is 0 Å². The van der Waals surface area contributed by atoms with Gasteiger partial charge in [0.15, 0.2) is 6.29 Å². The molecule has 1 N–H and O–H groups in total. The predicted octanol–water partition coefficient (Wildman–Crippen LogP) is 5.65. The highest BCUT2D eigenvalue weighted by atomic mass is 16.7. The summed E-state index contributed by atoms with van der Waals surface area (Å²) in [5, 5.41) is 9.84. The lowest BCUT2D eigenvalue weighted by molar-refractivity contribution is -0.173. The van der Waals surface area contributed by atoms with Gasteiger partial charge in [0.25, 0.3) is 0 Å². The molecule has 168 valence electrons. The van der Waals surface area contributed by atoms with E-state index >= 15 is 0 Å². The van der Waals surface area contributed by atoms with Gasteiger partial charge in [-0.25, -0.2) is 0 Å². The minimum Gasteiger partial charge on any atom is -0.508 e. The van der Waals surface area contributed by atoms with Crippen LogP contribution in [0.1, 0.15) is 77.3 Å². The van der Waals surface area contributed by atoms with Gasteiger partial charge in [-0.15, -0.1) is 0 Å². The van der Waals surface area contributed by atoms with E-state index in [1.165, 1.54) is 0 Å². The largest absolute Gasteiger partial charge is 0.508 e. The van der Waals surface area contributed by atoms with Gasteiger partial charge < -0.3 is 24.1 Å². The number of hydrogen-bond acceptors (Lipinski definition) is 5. The minimum absolute atomic E-state index is 0.263. The molecule has 1 aromatic rings. The standard InChI is InChI=1S/C24H42O5/c1-5-9-14-27-23(28-15-10-6-2)19-26-13-11-12-16-29-24-20(7-3)17-22(25)18-21(24)8-4/h17-18,23,25H,5-16,19H2,1-4H3. The number of phenolic OH excluding ortho intramolecular Hbond substituents is 1. The van der Waals surface area contributed by atoms with E-state index in [0.717, 1.165) is 81.5 Å². The zero-order valence-electron chi connectivity index (χ0n) is 19.0. The van der Waals surface area contributed by atoms with Crippen molar-refractivity contribution in [3.8, 4) is 11.5 Å². The van der Waals surface area contributed by atoms with E-state index < -0.39 is 0 Å². The topological polar surface area (TPSA) is 57.2 Å². The van der Waals surface area contributed by atoms with Gasteiger partial charge in [0.1, 0.15) is 11.5 Å². The van der Waals surface area contributed by atoms with Crippen molar-refractivity contribution in [3.05, 3.63) is 23.3 Å². The van der Waals surface area contributed by atoms with Crippen molar-refractivity contribution in [2.45, 2.75) is 85.4 Å². The number of unbranched alkanes of at least 4 members (excludes halogenated alkanes) is 3. The number of rotatable bonds is 18. The summed E-state index contributed by atoms with van der Waals surface area (Å²) in [6.45, 7) is 11.7. The maximum Gasteiger partial charge on any atom is 0.180 e. The SMILES string of the molecule is CCCCOC(COCCCCOc1c(CC)cc(O)cc1CC)OCCCC. The first kappa shape index (κ1) is 25.7. The molecule has 0 aliphatic heterocycles. The van der Waals surface area contributed by atoms with Crippen molar-refractivity contribution in [1.29, 1.82) is 0 Å². The fraction of sp³-hybridized carbons (Fsp3) is 0.750. The van der Waals surface area contributed by atoms with Crippen molar-refractivity contribution in [2.75, 3.05) is 33.0 Å². The summed E-state index contributed by atoms with van der Waals surface area (Å²) in [5.41, 5.74) is 2.13. The molecule has 0 aromatic heterocycles. The van der Waals surface area contributed by atoms with Crippen molar-refractivity contribution < 1.29 is 24.1 Å². The molecule has 0 heterocycles. The van der Waals surface area contributed by atoms with E-state index in [0.29, 0.717) is 25.6 Å². The number of aromatic hydroxyl groups is 1. The van der Waals surface area contributed by atoms with Crippen LogP contribution in [0.5, 0.6) is 11.5 Å². The molecule has 0 fully saturated rings. The quantitative estimate of drug-likeness (QED) is 0.250. The van der Waals surface area contributed by atoms with Gasteiger partial charge in [-0.1, -0.05) is 40.5 Å². The fourth-order valence-corrected chi connectivity index (χ4v) is 2.97. The van der Waals surface area contributed by atoms with Crippen molar-refractivity contribution in [2.24, 2.45) is 0 Å². The highest BCUT2D eigenvalue weighted by Crippen LogP contribution is 2.30. The third-order valence-corrected chi connectivity index (χ3v) is 4.78. The Kier molecular flexibility index (Phi) is 14.6. The summed E-state index contributed by atoms with van der Waals surface area (Å²) in [6, 6.07) is 3.60. The Bertz CT molecular complexity index is 497. The van der Waals surface area contributed by atoms with E-state index in [1.54, 1.807) is 12.1 Å². The second-order valence-electron chi connectivity index (χ2n) is 7.31. The normalized spacial score (nSPS) is 11.3. The lowest BCUT2D eigenvalue weighted by Crippen LogP contribution is -2.25. The summed E-state index contributed by atoms with van der Waals surface area (Å²) < 4.78 is 23.4. The lowest BCUT2D eigenvalue weighted by atomic mass is 10.0. The van der Waals surface area contributed by atoms with Crippen LogP contribution in [0.2, 0.25) is 0 Å². The maximum absolute atomic E-state index is 9.84. The predicted molar refractivity (Wildman–Crippen MR) is 118 cm³/mol. The van der Waals surface area contributed by atoms with Gasteiger partial charge in [0, 0.05) is 19.8 Å². The maximum atomic E-state index is 9.84. The monoisotopic (exact) mass is 410 g/mol. The van der Waals surface area contributed by atoms with E-state index in [-0.39, 0.29) is 6.29 Å². The van der Waals surface area contributed by atoms with Gasteiger partial charge in [-0.3, -0.25) is 0 Å². The second kappa shape index (κ2) is 16.5. The molecule has 0 unspecified atom stereocenters. The zero-order chi connectivity index (χ0) is 21.3. The third-order valence-electron chi connectivity index (χ3n) is 4.78. The molecular formula is C24H42O5. The molecule has 0 bridgehead atoms. The molecule has 5 heteroatoms. The summed E-state index contributed by atoms with van der Waals surface area (Å²) in [4.78, 5) is 0. The number of hydrogen-bond donors (Lipinski definition) is 1. The van der Waals surface area contributed by atoms with Crippen LogP contribution < -0.4 is 4.74 Å². The Labute approximate surface area is 177 Å². The van der Waals surface area contributed by atoms with Gasteiger partial charge in [-0.2, -0.15) is 0 Å². The fourth-order valence-electron chi connectivity index (χ4n) is 2.97. The lowest BCUT2D eigenvalue weighted by Gasteiger charge is -2.19. The molecule has 0 aliphatic carbocycles. The highest BCUT2D eigenvalue weighted by Gasteiger charge is 2.11. The first-order chi connectivity index (χ1) is 14.2. The van der Waals surface area contributed by atoms with Crippen LogP contribution in [-0.4, -0.2) is 44.4 Å². The van der Waals surface area contributed by atoms with Crippen LogP contribution >= 0.6 is 0 Å². The Morgan fingerprint density at radius 1 is 0.759 bits per heavy atom. The summed E-state index contributed by atoms with van der Waals surface area (Å²) >= 11 is 0. The summed E-state index contributed by atoms with van der Waals surface area (Å²) in [7, 11) is 0. The van der Waals surface area contributed by atoms with Crippen LogP contribution in [0.3, 0.4) is 0 Å². The molecule has 0 saturated carbocycles. The Hall–Kier alpha value is -1.30. The first-order valence-electron chi connectivity index (χ1n) is 11.4.